The van der Waals surface area contributed by atoms with E-state index in [1.807, 2.05) is 36.7 Å². The Bertz CT molecular complexity index is 610. The van der Waals surface area contributed by atoms with Gasteiger partial charge in [-0.15, -0.1) is 12.4 Å². The van der Waals surface area contributed by atoms with Crippen molar-refractivity contribution in [2.24, 2.45) is 5.92 Å². The highest BCUT2D eigenvalue weighted by Gasteiger charge is 2.20. The smallest absolute Gasteiger partial charge is 0.227 e. The van der Waals surface area contributed by atoms with Crippen LogP contribution in [0.3, 0.4) is 0 Å². The Kier molecular flexibility index (Phi) is 6.56. The third-order valence-electron chi connectivity index (χ3n) is 4.09. The molecular weight excluding hydrogens is 310 g/mol. The van der Waals surface area contributed by atoms with Gasteiger partial charge in [0, 0.05) is 24.0 Å². The fraction of sp³-hybridized carbons (Fsp3) is 0.333. The van der Waals surface area contributed by atoms with Crippen molar-refractivity contribution in [1.82, 2.24) is 10.3 Å². The number of nitrogens with zero attached hydrogens (tertiary/aromatic N) is 1. The highest BCUT2D eigenvalue weighted by Crippen LogP contribution is 2.17. The summed E-state index contributed by atoms with van der Waals surface area (Å²) in [6, 6.07) is 12.1. The third-order valence-corrected chi connectivity index (χ3v) is 4.09. The summed E-state index contributed by atoms with van der Waals surface area (Å²) in [6.45, 7) is 1.87. The summed E-state index contributed by atoms with van der Waals surface area (Å²) in [5, 5.41) is 6.31. The van der Waals surface area contributed by atoms with E-state index >= 15 is 0 Å². The van der Waals surface area contributed by atoms with E-state index in [2.05, 4.69) is 27.8 Å². The second-order valence-electron chi connectivity index (χ2n) is 5.74. The van der Waals surface area contributed by atoms with Crippen molar-refractivity contribution in [3.8, 4) is 0 Å². The number of rotatable bonds is 4. The third kappa shape index (κ3) is 5.05. The van der Waals surface area contributed by atoms with Gasteiger partial charge in [0.05, 0.1) is 0 Å². The van der Waals surface area contributed by atoms with E-state index in [0.29, 0.717) is 0 Å². The van der Waals surface area contributed by atoms with Crippen LogP contribution < -0.4 is 10.6 Å². The van der Waals surface area contributed by atoms with Gasteiger partial charge in [-0.2, -0.15) is 0 Å². The van der Waals surface area contributed by atoms with Gasteiger partial charge >= 0.3 is 0 Å². The first kappa shape index (κ1) is 17.4. The van der Waals surface area contributed by atoms with E-state index < -0.39 is 0 Å². The van der Waals surface area contributed by atoms with Crippen molar-refractivity contribution in [3.63, 3.8) is 0 Å². The second kappa shape index (κ2) is 8.65. The summed E-state index contributed by atoms with van der Waals surface area (Å²) >= 11 is 0. The number of anilines is 1. The van der Waals surface area contributed by atoms with Crippen LogP contribution in [0, 0.1) is 5.92 Å². The van der Waals surface area contributed by atoms with Crippen LogP contribution in [-0.2, 0) is 11.2 Å². The summed E-state index contributed by atoms with van der Waals surface area (Å²) < 4.78 is 0. The summed E-state index contributed by atoms with van der Waals surface area (Å²) in [6.07, 6.45) is 6.34. The molecule has 2 N–H and O–H groups in total. The molecule has 1 aromatic carbocycles. The molecule has 1 amide bonds. The molecule has 1 fully saturated rings. The number of halogens is 1. The molecule has 0 atom stereocenters. The molecule has 0 spiro atoms. The molecule has 1 aromatic heterocycles. The number of hydrogen-bond donors (Lipinski definition) is 2. The quantitative estimate of drug-likeness (QED) is 0.905. The van der Waals surface area contributed by atoms with E-state index in [4.69, 9.17) is 0 Å². The second-order valence-corrected chi connectivity index (χ2v) is 5.74. The normalized spacial score (nSPS) is 14.8. The van der Waals surface area contributed by atoms with Gasteiger partial charge in [0.15, 0.2) is 0 Å². The molecule has 1 saturated heterocycles. The van der Waals surface area contributed by atoms with E-state index in [1.165, 1.54) is 11.1 Å². The molecule has 0 unspecified atom stereocenters. The van der Waals surface area contributed by atoms with Crippen LogP contribution >= 0.6 is 12.4 Å². The molecule has 122 valence electrons. The van der Waals surface area contributed by atoms with Crippen molar-refractivity contribution in [2.45, 2.75) is 19.3 Å². The number of aromatic nitrogens is 1. The zero-order valence-electron chi connectivity index (χ0n) is 13.0. The summed E-state index contributed by atoms with van der Waals surface area (Å²) in [5.41, 5.74) is 3.34. The van der Waals surface area contributed by atoms with Crippen LogP contribution in [0.2, 0.25) is 0 Å². The lowest BCUT2D eigenvalue weighted by atomic mass is 9.97. The lowest BCUT2D eigenvalue weighted by Gasteiger charge is -2.21. The van der Waals surface area contributed by atoms with Gasteiger partial charge in [0.2, 0.25) is 5.91 Å². The number of carbonyl (C=O) groups is 1. The van der Waals surface area contributed by atoms with Crippen LogP contribution in [0.15, 0.2) is 48.8 Å². The van der Waals surface area contributed by atoms with Gasteiger partial charge in [0.1, 0.15) is 0 Å². The zero-order chi connectivity index (χ0) is 15.2. The molecule has 3 rings (SSSR count). The van der Waals surface area contributed by atoms with Crippen LogP contribution in [0.4, 0.5) is 5.69 Å². The van der Waals surface area contributed by atoms with E-state index in [-0.39, 0.29) is 24.2 Å². The SMILES string of the molecule is Cl.O=C(Nc1ccc(Cc2ccncc2)cc1)C1CCNCC1. The van der Waals surface area contributed by atoms with Gasteiger partial charge in [-0.25, -0.2) is 0 Å². The first-order valence-electron chi connectivity index (χ1n) is 7.81. The minimum absolute atomic E-state index is 0. The lowest BCUT2D eigenvalue weighted by molar-refractivity contribution is -0.120. The van der Waals surface area contributed by atoms with Gasteiger partial charge in [0.25, 0.3) is 0 Å². The van der Waals surface area contributed by atoms with Crippen LogP contribution in [0.1, 0.15) is 24.0 Å². The summed E-state index contributed by atoms with van der Waals surface area (Å²) in [4.78, 5) is 16.2. The maximum absolute atomic E-state index is 12.2. The first-order chi connectivity index (χ1) is 10.8. The van der Waals surface area contributed by atoms with Crippen LogP contribution in [-0.4, -0.2) is 24.0 Å². The van der Waals surface area contributed by atoms with Gasteiger partial charge in [-0.3, -0.25) is 9.78 Å². The zero-order valence-corrected chi connectivity index (χ0v) is 13.8. The molecule has 2 aromatic rings. The molecule has 0 saturated carbocycles. The summed E-state index contributed by atoms with van der Waals surface area (Å²) in [7, 11) is 0. The van der Waals surface area contributed by atoms with E-state index in [1.54, 1.807) is 0 Å². The van der Waals surface area contributed by atoms with E-state index in [9.17, 15) is 4.79 Å². The Morgan fingerprint density at radius 1 is 1.04 bits per heavy atom. The highest BCUT2D eigenvalue weighted by molar-refractivity contribution is 5.92. The van der Waals surface area contributed by atoms with Gasteiger partial charge in [-0.1, -0.05) is 12.1 Å². The number of nitrogens with one attached hydrogen (secondary N) is 2. The van der Waals surface area contributed by atoms with Crippen molar-refractivity contribution >= 4 is 24.0 Å². The fourth-order valence-electron chi connectivity index (χ4n) is 2.77. The monoisotopic (exact) mass is 331 g/mol. The number of pyridine rings is 1. The molecular formula is C18H22ClN3O. The Hall–Kier alpha value is -1.91. The highest BCUT2D eigenvalue weighted by atomic mass is 35.5. The van der Waals surface area contributed by atoms with Crippen molar-refractivity contribution in [2.75, 3.05) is 18.4 Å². The number of piperidine rings is 1. The molecule has 23 heavy (non-hydrogen) atoms. The minimum atomic E-state index is 0. The molecule has 0 aliphatic carbocycles. The van der Waals surface area contributed by atoms with Crippen LogP contribution in [0.5, 0.6) is 0 Å². The largest absolute Gasteiger partial charge is 0.326 e. The predicted molar refractivity (Wildman–Crippen MR) is 95.0 cm³/mol. The first-order valence-corrected chi connectivity index (χ1v) is 7.81. The molecule has 1 aliphatic heterocycles. The molecule has 0 radical (unpaired) electrons. The van der Waals surface area contributed by atoms with Crippen LogP contribution in [0.25, 0.3) is 0 Å². The molecule has 2 heterocycles. The molecule has 0 bridgehead atoms. The Morgan fingerprint density at radius 2 is 1.65 bits per heavy atom. The minimum Gasteiger partial charge on any atom is -0.326 e. The maximum atomic E-state index is 12.2. The maximum Gasteiger partial charge on any atom is 0.227 e. The Morgan fingerprint density at radius 3 is 2.30 bits per heavy atom. The Balaban J connectivity index is 0.00000192. The average Bonchev–Trinajstić information content (AvgIpc) is 2.58. The molecule has 4 nitrogen and oxygen atoms in total. The lowest BCUT2D eigenvalue weighted by Crippen LogP contribution is -2.34. The summed E-state index contributed by atoms with van der Waals surface area (Å²) in [5.74, 6) is 0.279. The number of amides is 1. The van der Waals surface area contributed by atoms with Gasteiger partial charge < -0.3 is 10.6 Å². The van der Waals surface area contributed by atoms with Crippen molar-refractivity contribution in [1.29, 1.82) is 0 Å². The molecule has 5 heteroatoms. The number of benzene rings is 1. The van der Waals surface area contributed by atoms with Gasteiger partial charge in [-0.05, 0) is 67.7 Å². The Labute approximate surface area is 143 Å². The number of hydrogen-bond acceptors (Lipinski definition) is 3. The average molecular weight is 332 g/mol. The van der Waals surface area contributed by atoms with Crippen molar-refractivity contribution < 1.29 is 4.79 Å². The molecule has 1 aliphatic rings. The fourth-order valence-corrected chi connectivity index (χ4v) is 2.77. The predicted octanol–water partition coefficient (Wildman–Crippen LogP) is 3.03. The standard InChI is InChI=1S/C18H21N3O.ClH/c22-18(16-7-11-20-12-8-16)21-17-3-1-14(2-4-17)13-15-5-9-19-10-6-15;/h1-6,9-10,16,20H,7-8,11-13H2,(H,21,22);1H. The van der Waals surface area contributed by atoms with E-state index in [0.717, 1.165) is 38.0 Å². The van der Waals surface area contributed by atoms with Crippen molar-refractivity contribution in [3.05, 3.63) is 59.9 Å². The topological polar surface area (TPSA) is 54.0 Å². The number of carbonyl (C=O) groups excluding carboxylic acids is 1.